The Kier molecular flexibility index (Phi) is 4.54. The number of thioether (sulfide) groups is 1. The Morgan fingerprint density at radius 1 is 1.47 bits per heavy atom. The van der Waals surface area contributed by atoms with E-state index in [1.165, 1.54) is 36.3 Å². The molecular weight excluding hydrogens is 222 g/mol. The zero-order valence-corrected chi connectivity index (χ0v) is 10.9. The van der Waals surface area contributed by atoms with Gasteiger partial charge < -0.3 is 5.32 Å². The van der Waals surface area contributed by atoms with Gasteiger partial charge in [0, 0.05) is 6.04 Å². The second-order valence-corrected chi connectivity index (χ2v) is 6.19. The molecule has 84 valence electrons. The summed E-state index contributed by atoms with van der Waals surface area (Å²) in [6, 6.07) is 2.83. The SMILES string of the molecule is CNC(CC1CCSCC1)c1ccsc1. The quantitative estimate of drug-likeness (QED) is 0.865. The molecule has 1 saturated heterocycles. The van der Waals surface area contributed by atoms with Gasteiger partial charge in [-0.15, -0.1) is 0 Å². The van der Waals surface area contributed by atoms with Gasteiger partial charge in [-0.1, -0.05) is 0 Å². The molecule has 2 heterocycles. The zero-order chi connectivity index (χ0) is 10.5. The van der Waals surface area contributed by atoms with Crippen LogP contribution < -0.4 is 5.32 Å². The van der Waals surface area contributed by atoms with Gasteiger partial charge in [-0.05, 0) is 66.1 Å². The average Bonchev–Trinajstić information content (AvgIpc) is 2.81. The van der Waals surface area contributed by atoms with E-state index in [4.69, 9.17) is 0 Å². The summed E-state index contributed by atoms with van der Waals surface area (Å²) in [6.45, 7) is 0. The van der Waals surface area contributed by atoms with Crippen molar-refractivity contribution in [1.82, 2.24) is 5.32 Å². The monoisotopic (exact) mass is 241 g/mol. The lowest BCUT2D eigenvalue weighted by molar-refractivity contribution is 0.384. The molecule has 0 amide bonds. The van der Waals surface area contributed by atoms with Crippen LogP contribution in [0, 0.1) is 5.92 Å². The molecule has 1 fully saturated rings. The van der Waals surface area contributed by atoms with E-state index in [-0.39, 0.29) is 0 Å². The maximum Gasteiger partial charge on any atom is 0.0328 e. The lowest BCUT2D eigenvalue weighted by Crippen LogP contribution is -2.21. The average molecular weight is 241 g/mol. The molecule has 1 unspecified atom stereocenters. The van der Waals surface area contributed by atoms with Gasteiger partial charge in [0.25, 0.3) is 0 Å². The fourth-order valence-electron chi connectivity index (χ4n) is 2.21. The Labute approximate surface area is 101 Å². The largest absolute Gasteiger partial charge is 0.313 e. The Morgan fingerprint density at radius 3 is 2.87 bits per heavy atom. The minimum atomic E-state index is 0.573. The molecule has 2 rings (SSSR count). The van der Waals surface area contributed by atoms with Gasteiger partial charge in [0.2, 0.25) is 0 Å². The van der Waals surface area contributed by atoms with Crippen molar-refractivity contribution in [2.75, 3.05) is 18.6 Å². The fraction of sp³-hybridized carbons (Fsp3) is 0.667. The molecule has 0 aromatic carbocycles. The van der Waals surface area contributed by atoms with Crippen molar-refractivity contribution in [3.63, 3.8) is 0 Å². The number of thiophene rings is 1. The maximum absolute atomic E-state index is 3.45. The van der Waals surface area contributed by atoms with Crippen LogP contribution in [0.25, 0.3) is 0 Å². The van der Waals surface area contributed by atoms with Gasteiger partial charge in [0.15, 0.2) is 0 Å². The molecule has 1 aromatic heterocycles. The smallest absolute Gasteiger partial charge is 0.0328 e. The van der Waals surface area contributed by atoms with Crippen LogP contribution in [0.2, 0.25) is 0 Å². The molecule has 15 heavy (non-hydrogen) atoms. The normalized spacial score (nSPS) is 20.3. The molecule has 0 saturated carbocycles. The summed E-state index contributed by atoms with van der Waals surface area (Å²) in [5, 5.41) is 7.91. The van der Waals surface area contributed by atoms with E-state index in [0.29, 0.717) is 6.04 Å². The highest BCUT2D eigenvalue weighted by Gasteiger charge is 2.19. The molecular formula is C12H19NS2. The first-order valence-corrected chi connectivity index (χ1v) is 7.77. The summed E-state index contributed by atoms with van der Waals surface area (Å²) in [6.07, 6.45) is 4.13. The zero-order valence-electron chi connectivity index (χ0n) is 9.24. The van der Waals surface area contributed by atoms with Crippen LogP contribution in [0.1, 0.15) is 30.9 Å². The number of hydrogen-bond acceptors (Lipinski definition) is 3. The van der Waals surface area contributed by atoms with Gasteiger partial charge in [0.1, 0.15) is 0 Å². The van der Waals surface area contributed by atoms with Crippen LogP contribution in [0.15, 0.2) is 16.8 Å². The summed E-state index contributed by atoms with van der Waals surface area (Å²) in [5.41, 5.74) is 1.47. The van der Waals surface area contributed by atoms with E-state index in [1.807, 2.05) is 0 Å². The van der Waals surface area contributed by atoms with Crippen LogP contribution in [0.3, 0.4) is 0 Å². The molecule has 0 aliphatic carbocycles. The molecule has 1 aliphatic rings. The third-order valence-corrected chi connectivity index (χ3v) is 4.95. The van der Waals surface area contributed by atoms with Crippen molar-refractivity contribution in [3.8, 4) is 0 Å². The summed E-state index contributed by atoms with van der Waals surface area (Å²) in [4.78, 5) is 0. The van der Waals surface area contributed by atoms with Gasteiger partial charge in [-0.3, -0.25) is 0 Å². The number of nitrogens with one attached hydrogen (secondary N) is 1. The molecule has 0 bridgehead atoms. The summed E-state index contributed by atoms with van der Waals surface area (Å²) >= 11 is 3.91. The molecule has 1 nitrogen and oxygen atoms in total. The Morgan fingerprint density at radius 2 is 2.27 bits per heavy atom. The molecule has 1 atom stereocenters. The van der Waals surface area contributed by atoms with E-state index in [1.54, 1.807) is 11.3 Å². The Hall–Kier alpha value is 0.01000. The van der Waals surface area contributed by atoms with Crippen molar-refractivity contribution in [2.24, 2.45) is 5.92 Å². The second-order valence-electron chi connectivity index (χ2n) is 4.19. The highest BCUT2D eigenvalue weighted by atomic mass is 32.2. The number of rotatable bonds is 4. The molecule has 1 aliphatic heterocycles. The summed E-state index contributed by atoms with van der Waals surface area (Å²) in [5.74, 6) is 3.67. The third-order valence-electron chi connectivity index (χ3n) is 3.20. The topological polar surface area (TPSA) is 12.0 Å². The van der Waals surface area contributed by atoms with Crippen molar-refractivity contribution in [3.05, 3.63) is 22.4 Å². The lowest BCUT2D eigenvalue weighted by atomic mass is 9.92. The van der Waals surface area contributed by atoms with Gasteiger partial charge >= 0.3 is 0 Å². The van der Waals surface area contributed by atoms with Crippen molar-refractivity contribution in [2.45, 2.75) is 25.3 Å². The van der Waals surface area contributed by atoms with Crippen molar-refractivity contribution >= 4 is 23.1 Å². The predicted molar refractivity (Wildman–Crippen MR) is 70.8 cm³/mol. The molecule has 1 N–H and O–H groups in total. The van der Waals surface area contributed by atoms with E-state index in [2.05, 4.69) is 41.0 Å². The van der Waals surface area contributed by atoms with Crippen molar-refractivity contribution in [1.29, 1.82) is 0 Å². The van der Waals surface area contributed by atoms with Gasteiger partial charge in [0.05, 0.1) is 0 Å². The van der Waals surface area contributed by atoms with Crippen LogP contribution >= 0.6 is 23.1 Å². The molecule has 0 radical (unpaired) electrons. The minimum absolute atomic E-state index is 0.573. The highest BCUT2D eigenvalue weighted by Crippen LogP contribution is 2.31. The van der Waals surface area contributed by atoms with Crippen LogP contribution in [-0.2, 0) is 0 Å². The second kappa shape index (κ2) is 5.92. The van der Waals surface area contributed by atoms with Crippen LogP contribution in [-0.4, -0.2) is 18.6 Å². The summed E-state index contributed by atoms with van der Waals surface area (Å²) in [7, 11) is 2.08. The molecule has 1 aromatic rings. The molecule has 3 heteroatoms. The Bertz CT molecular complexity index is 265. The first-order valence-electron chi connectivity index (χ1n) is 5.67. The first-order chi connectivity index (χ1) is 7.40. The van der Waals surface area contributed by atoms with E-state index >= 15 is 0 Å². The Balaban J connectivity index is 1.90. The van der Waals surface area contributed by atoms with E-state index in [0.717, 1.165) is 5.92 Å². The minimum Gasteiger partial charge on any atom is -0.313 e. The fourth-order valence-corrected chi connectivity index (χ4v) is 4.13. The first kappa shape index (κ1) is 11.5. The highest BCUT2D eigenvalue weighted by molar-refractivity contribution is 7.99. The predicted octanol–water partition coefficient (Wildman–Crippen LogP) is 3.54. The molecule has 0 spiro atoms. The third kappa shape index (κ3) is 3.23. The van der Waals surface area contributed by atoms with Crippen LogP contribution in [0.5, 0.6) is 0 Å². The summed E-state index contributed by atoms with van der Waals surface area (Å²) < 4.78 is 0. The van der Waals surface area contributed by atoms with Gasteiger partial charge in [-0.2, -0.15) is 23.1 Å². The van der Waals surface area contributed by atoms with Crippen molar-refractivity contribution < 1.29 is 0 Å². The standard InChI is InChI=1S/C12H19NS2/c1-13-12(11-4-7-15-9-11)8-10-2-5-14-6-3-10/h4,7,9-10,12-13H,2-3,5-6,8H2,1H3. The van der Waals surface area contributed by atoms with Gasteiger partial charge in [-0.25, -0.2) is 0 Å². The lowest BCUT2D eigenvalue weighted by Gasteiger charge is -2.25. The van der Waals surface area contributed by atoms with Crippen LogP contribution in [0.4, 0.5) is 0 Å². The van der Waals surface area contributed by atoms with E-state index < -0.39 is 0 Å². The van der Waals surface area contributed by atoms with E-state index in [9.17, 15) is 0 Å². The maximum atomic E-state index is 3.45. The number of hydrogen-bond donors (Lipinski definition) is 1.